The summed E-state index contributed by atoms with van der Waals surface area (Å²) < 4.78 is 26.2. The summed E-state index contributed by atoms with van der Waals surface area (Å²) in [6, 6.07) is 9.28. The summed E-state index contributed by atoms with van der Waals surface area (Å²) in [6.45, 7) is 0. The highest BCUT2D eigenvalue weighted by atomic mass is 32.1. The molecule has 0 fully saturated rings. The summed E-state index contributed by atoms with van der Waals surface area (Å²) in [5.41, 5.74) is 6.24. The molecule has 2 aromatic carbocycles. The van der Waals surface area contributed by atoms with E-state index < -0.39 is 17.5 Å². The van der Waals surface area contributed by atoms with Crippen LogP contribution in [0, 0.1) is 11.6 Å². The van der Waals surface area contributed by atoms with Crippen LogP contribution < -0.4 is 11.1 Å². The number of anilines is 1. The number of nitrogens with two attached hydrogens (primary N) is 1. The second-order valence-corrected chi connectivity index (χ2v) is 4.46. The van der Waals surface area contributed by atoms with Crippen molar-refractivity contribution in [1.29, 1.82) is 0 Å². The topological polar surface area (TPSA) is 55.1 Å². The number of hydrogen-bond acceptors (Lipinski definition) is 2. The Labute approximate surface area is 119 Å². The molecule has 0 heterocycles. The first-order valence-corrected chi connectivity index (χ1v) is 6.04. The van der Waals surface area contributed by atoms with Crippen LogP contribution in [0.4, 0.5) is 14.5 Å². The van der Waals surface area contributed by atoms with Gasteiger partial charge in [0.05, 0.1) is 5.56 Å². The molecule has 0 aromatic heterocycles. The zero-order chi connectivity index (χ0) is 14.7. The molecule has 0 aliphatic rings. The standard InChI is InChI=1S/C14H10F2N2OS/c15-9-4-5-11(12(16)7-9)14(19)18-10-3-1-2-8(6-10)13(17)20/h1-7H,(H2,17,20)(H,18,19). The van der Waals surface area contributed by atoms with E-state index in [0.29, 0.717) is 17.3 Å². The highest BCUT2D eigenvalue weighted by Crippen LogP contribution is 2.15. The molecule has 20 heavy (non-hydrogen) atoms. The van der Waals surface area contributed by atoms with Gasteiger partial charge in [0.15, 0.2) is 0 Å². The van der Waals surface area contributed by atoms with E-state index in [9.17, 15) is 13.6 Å². The van der Waals surface area contributed by atoms with Crippen LogP contribution in [-0.4, -0.2) is 10.9 Å². The van der Waals surface area contributed by atoms with E-state index in [1.54, 1.807) is 24.3 Å². The highest BCUT2D eigenvalue weighted by Gasteiger charge is 2.12. The van der Waals surface area contributed by atoms with Gasteiger partial charge < -0.3 is 11.1 Å². The molecule has 3 nitrogen and oxygen atoms in total. The van der Waals surface area contributed by atoms with Crippen LogP contribution >= 0.6 is 12.2 Å². The molecular formula is C14H10F2N2OS. The largest absolute Gasteiger partial charge is 0.389 e. The van der Waals surface area contributed by atoms with Crippen molar-refractivity contribution >= 4 is 28.8 Å². The van der Waals surface area contributed by atoms with E-state index in [2.05, 4.69) is 5.32 Å². The van der Waals surface area contributed by atoms with Crippen molar-refractivity contribution in [2.24, 2.45) is 5.73 Å². The maximum atomic E-state index is 13.5. The molecule has 0 aliphatic heterocycles. The molecule has 3 N–H and O–H groups in total. The van der Waals surface area contributed by atoms with Gasteiger partial charge in [-0.2, -0.15) is 0 Å². The van der Waals surface area contributed by atoms with Gasteiger partial charge >= 0.3 is 0 Å². The van der Waals surface area contributed by atoms with Crippen LogP contribution in [0.15, 0.2) is 42.5 Å². The molecule has 0 saturated heterocycles. The highest BCUT2D eigenvalue weighted by molar-refractivity contribution is 7.80. The molecular weight excluding hydrogens is 282 g/mol. The Morgan fingerprint density at radius 3 is 2.55 bits per heavy atom. The minimum atomic E-state index is -0.923. The second kappa shape index (κ2) is 5.75. The fourth-order valence-corrected chi connectivity index (χ4v) is 1.75. The van der Waals surface area contributed by atoms with Crippen molar-refractivity contribution in [3.8, 4) is 0 Å². The number of rotatable bonds is 3. The lowest BCUT2D eigenvalue weighted by Crippen LogP contribution is -2.15. The number of nitrogens with one attached hydrogen (secondary N) is 1. The molecule has 0 bridgehead atoms. The molecule has 2 rings (SSSR count). The zero-order valence-electron chi connectivity index (χ0n) is 10.2. The van der Waals surface area contributed by atoms with Crippen molar-refractivity contribution in [1.82, 2.24) is 0 Å². The monoisotopic (exact) mass is 292 g/mol. The lowest BCUT2D eigenvalue weighted by Gasteiger charge is -2.07. The Balaban J connectivity index is 2.23. The fourth-order valence-electron chi connectivity index (χ4n) is 1.62. The number of carbonyl (C=O) groups is 1. The summed E-state index contributed by atoms with van der Waals surface area (Å²) in [6.07, 6.45) is 0. The summed E-state index contributed by atoms with van der Waals surface area (Å²) in [5.74, 6) is -2.34. The number of benzene rings is 2. The lowest BCUT2D eigenvalue weighted by atomic mass is 10.1. The minimum Gasteiger partial charge on any atom is -0.389 e. The first-order valence-electron chi connectivity index (χ1n) is 5.63. The summed E-state index contributed by atoms with van der Waals surface area (Å²) in [5, 5.41) is 2.50. The number of carbonyl (C=O) groups excluding carboxylic acids is 1. The predicted octanol–water partition coefficient (Wildman–Crippen LogP) is 2.85. The van der Waals surface area contributed by atoms with Gasteiger partial charge in [0, 0.05) is 17.3 Å². The fraction of sp³-hybridized carbons (Fsp3) is 0. The van der Waals surface area contributed by atoms with Crippen molar-refractivity contribution < 1.29 is 13.6 Å². The number of halogens is 2. The Hall–Kier alpha value is -2.34. The van der Waals surface area contributed by atoms with E-state index in [4.69, 9.17) is 18.0 Å². The van der Waals surface area contributed by atoms with Crippen molar-refractivity contribution in [3.05, 3.63) is 65.2 Å². The second-order valence-electron chi connectivity index (χ2n) is 4.02. The van der Waals surface area contributed by atoms with Crippen LogP contribution in [0.5, 0.6) is 0 Å². The molecule has 2 aromatic rings. The SMILES string of the molecule is NC(=S)c1cccc(NC(=O)c2ccc(F)cc2F)c1. The van der Waals surface area contributed by atoms with E-state index >= 15 is 0 Å². The van der Waals surface area contributed by atoms with Crippen molar-refractivity contribution in [2.45, 2.75) is 0 Å². The third-order valence-electron chi connectivity index (χ3n) is 2.58. The van der Waals surface area contributed by atoms with Crippen LogP contribution in [-0.2, 0) is 0 Å². The van der Waals surface area contributed by atoms with Crippen LogP contribution in [0.2, 0.25) is 0 Å². The van der Waals surface area contributed by atoms with Crippen molar-refractivity contribution in [3.63, 3.8) is 0 Å². The quantitative estimate of drug-likeness (QED) is 0.855. The average molecular weight is 292 g/mol. The van der Waals surface area contributed by atoms with Gasteiger partial charge in [-0.3, -0.25) is 4.79 Å². The maximum absolute atomic E-state index is 13.5. The van der Waals surface area contributed by atoms with E-state index in [1.807, 2.05) is 0 Å². The molecule has 1 amide bonds. The van der Waals surface area contributed by atoms with E-state index in [1.165, 1.54) is 0 Å². The number of thiocarbonyl (C=S) groups is 1. The third kappa shape index (κ3) is 3.16. The van der Waals surface area contributed by atoms with E-state index in [0.717, 1.165) is 12.1 Å². The first-order chi connectivity index (χ1) is 9.47. The minimum absolute atomic E-state index is 0.189. The number of hydrogen-bond donors (Lipinski definition) is 2. The molecule has 0 saturated carbocycles. The molecule has 0 unspecified atom stereocenters. The van der Waals surface area contributed by atoms with Crippen LogP contribution in [0.3, 0.4) is 0 Å². The van der Waals surface area contributed by atoms with Gasteiger partial charge in [0.25, 0.3) is 5.91 Å². The Kier molecular flexibility index (Phi) is 4.05. The molecule has 102 valence electrons. The average Bonchev–Trinajstić information content (AvgIpc) is 2.38. The normalized spacial score (nSPS) is 10.1. The van der Waals surface area contributed by atoms with Gasteiger partial charge in [0.1, 0.15) is 16.6 Å². The van der Waals surface area contributed by atoms with E-state index in [-0.39, 0.29) is 10.6 Å². The first kappa shape index (κ1) is 14.1. The lowest BCUT2D eigenvalue weighted by molar-refractivity contribution is 0.102. The third-order valence-corrected chi connectivity index (χ3v) is 2.82. The number of amides is 1. The maximum Gasteiger partial charge on any atom is 0.258 e. The molecule has 0 aliphatic carbocycles. The summed E-state index contributed by atoms with van der Waals surface area (Å²) >= 11 is 4.83. The zero-order valence-corrected chi connectivity index (χ0v) is 11.0. The molecule has 0 spiro atoms. The Morgan fingerprint density at radius 2 is 1.90 bits per heavy atom. The van der Waals surface area contributed by atoms with Gasteiger partial charge in [-0.1, -0.05) is 24.4 Å². The summed E-state index contributed by atoms with van der Waals surface area (Å²) in [7, 11) is 0. The van der Waals surface area contributed by atoms with Gasteiger partial charge in [-0.25, -0.2) is 8.78 Å². The Bertz CT molecular complexity index is 689. The molecule has 0 atom stereocenters. The van der Waals surface area contributed by atoms with Gasteiger partial charge in [0.2, 0.25) is 0 Å². The van der Waals surface area contributed by atoms with Crippen LogP contribution in [0.1, 0.15) is 15.9 Å². The predicted molar refractivity (Wildman–Crippen MR) is 76.6 cm³/mol. The Morgan fingerprint density at radius 1 is 1.15 bits per heavy atom. The van der Waals surface area contributed by atoms with Gasteiger partial charge in [-0.05, 0) is 24.3 Å². The molecule has 0 radical (unpaired) electrons. The van der Waals surface area contributed by atoms with Crippen molar-refractivity contribution in [2.75, 3.05) is 5.32 Å². The summed E-state index contributed by atoms with van der Waals surface area (Å²) in [4.78, 5) is 12.1. The molecule has 6 heteroatoms. The van der Waals surface area contributed by atoms with Gasteiger partial charge in [-0.15, -0.1) is 0 Å². The smallest absolute Gasteiger partial charge is 0.258 e. The van der Waals surface area contributed by atoms with Crippen LogP contribution in [0.25, 0.3) is 0 Å².